The normalized spacial score (nSPS) is 15.9. The van der Waals surface area contributed by atoms with E-state index in [0.29, 0.717) is 35.2 Å². The molecule has 0 aliphatic carbocycles. The number of phenols is 2. The average molecular weight is 467 g/mol. The molecule has 1 aliphatic heterocycles. The summed E-state index contributed by atoms with van der Waals surface area (Å²) < 4.78 is 0. The monoisotopic (exact) mass is 466 g/mol. The van der Waals surface area contributed by atoms with Crippen molar-refractivity contribution in [1.82, 2.24) is 9.80 Å². The molecule has 0 saturated carbocycles. The minimum atomic E-state index is 0.301. The van der Waals surface area contributed by atoms with Gasteiger partial charge in [-0.2, -0.15) is 0 Å². The molecule has 188 valence electrons. The molecule has 1 fully saturated rings. The van der Waals surface area contributed by atoms with Gasteiger partial charge >= 0.3 is 0 Å². The van der Waals surface area contributed by atoms with Gasteiger partial charge in [-0.25, -0.2) is 0 Å². The maximum Gasteiger partial charge on any atom is 0.122 e. The summed E-state index contributed by atoms with van der Waals surface area (Å²) in [4.78, 5) is 5.05. The zero-order chi connectivity index (χ0) is 25.2. The third kappa shape index (κ3) is 6.14. The molecule has 3 rings (SSSR count). The van der Waals surface area contributed by atoms with Crippen molar-refractivity contribution in [2.75, 3.05) is 19.8 Å². The van der Waals surface area contributed by atoms with Crippen LogP contribution in [0.15, 0.2) is 24.3 Å². The summed E-state index contributed by atoms with van der Waals surface area (Å²) in [7, 11) is 0. The van der Waals surface area contributed by atoms with Gasteiger partial charge in [0, 0.05) is 26.2 Å². The largest absolute Gasteiger partial charge is 0.507 e. The van der Waals surface area contributed by atoms with Crippen LogP contribution < -0.4 is 0 Å². The van der Waals surface area contributed by atoms with E-state index < -0.39 is 0 Å². The Labute approximate surface area is 207 Å². The van der Waals surface area contributed by atoms with Crippen LogP contribution >= 0.6 is 0 Å². The standard InChI is InChI=1S/C30H46N2O2/c1-19(2)25-12-23(13-26(20(3)4)29(25)33)16-31-10-9-11-32(18-31)17-24-14-27(21(5)6)30(34)28(15-24)22(7)8/h12-15,19-22,33-34H,9-11,16-18H2,1-8H3. The Hall–Kier alpha value is -2.04. The fourth-order valence-electron chi connectivity index (χ4n) is 5.15. The van der Waals surface area contributed by atoms with Gasteiger partial charge in [0.25, 0.3) is 0 Å². The van der Waals surface area contributed by atoms with Crippen molar-refractivity contribution in [2.24, 2.45) is 0 Å². The Morgan fingerprint density at radius 1 is 0.588 bits per heavy atom. The molecule has 0 aromatic heterocycles. The molecule has 4 nitrogen and oxygen atoms in total. The van der Waals surface area contributed by atoms with Gasteiger partial charge in [0.05, 0.1) is 6.67 Å². The van der Waals surface area contributed by atoms with Crippen LogP contribution in [-0.2, 0) is 13.1 Å². The zero-order valence-corrected chi connectivity index (χ0v) is 22.7. The Kier molecular flexibility index (Phi) is 8.70. The molecule has 2 aromatic carbocycles. The van der Waals surface area contributed by atoms with Crippen molar-refractivity contribution < 1.29 is 10.2 Å². The summed E-state index contributed by atoms with van der Waals surface area (Å²) in [5.41, 5.74) is 6.81. The summed E-state index contributed by atoms with van der Waals surface area (Å²) in [6.45, 7) is 22.1. The molecule has 0 bridgehead atoms. The van der Waals surface area contributed by atoms with E-state index >= 15 is 0 Å². The fraction of sp³-hybridized carbons (Fsp3) is 0.600. The third-order valence-corrected chi connectivity index (χ3v) is 7.11. The van der Waals surface area contributed by atoms with Gasteiger partial charge in [-0.3, -0.25) is 9.80 Å². The molecule has 34 heavy (non-hydrogen) atoms. The van der Waals surface area contributed by atoms with Crippen molar-refractivity contribution in [2.45, 2.75) is 98.6 Å². The minimum absolute atomic E-state index is 0.301. The van der Waals surface area contributed by atoms with Gasteiger partial charge in [0.1, 0.15) is 11.5 Å². The molecule has 0 spiro atoms. The first-order valence-corrected chi connectivity index (χ1v) is 13.1. The molecule has 0 radical (unpaired) electrons. The number of nitrogens with zero attached hydrogens (tertiary/aromatic N) is 2. The zero-order valence-electron chi connectivity index (χ0n) is 22.7. The van der Waals surface area contributed by atoms with Crippen LogP contribution in [-0.4, -0.2) is 39.8 Å². The van der Waals surface area contributed by atoms with Crippen molar-refractivity contribution in [1.29, 1.82) is 0 Å². The number of hydrogen-bond donors (Lipinski definition) is 2. The van der Waals surface area contributed by atoms with Gasteiger partial charge in [-0.05, 0) is 63.5 Å². The number of benzene rings is 2. The third-order valence-electron chi connectivity index (χ3n) is 7.11. The molecule has 0 unspecified atom stereocenters. The highest BCUT2D eigenvalue weighted by atomic mass is 16.3. The van der Waals surface area contributed by atoms with Crippen molar-refractivity contribution in [3.05, 3.63) is 57.6 Å². The summed E-state index contributed by atoms with van der Waals surface area (Å²) in [5, 5.41) is 21.5. The molecule has 2 N–H and O–H groups in total. The van der Waals surface area contributed by atoms with Crippen LogP contribution in [0.5, 0.6) is 11.5 Å². The molecule has 1 saturated heterocycles. The second-order valence-electron chi connectivity index (χ2n) is 11.5. The van der Waals surface area contributed by atoms with E-state index in [1.807, 2.05) is 0 Å². The summed E-state index contributed by atoms with van der Waals surface area (Å²) in [6.07, 6.45) is 1.15. The highest BCUT2D eigenvalue weighted by molar-refractivity contribution is 5.47. The molecular formula is C30H46N2O2. The van der Waals surface area contributed by atoms with E-state index in [0.717, 1.165) is 61.5 Å². The van der Waals surface area contributed by atoms with Crippen molar-refractivity contribution in [3.8, 4) is 11.5 Å². The van der Waals surface area contributed by atoms with Gasteiger partial charge in [0.15, 0.2) is 0 Å². The predicted molar refractivity (Wildman–Crippen MR) is 143 cm³/mol. The number of phenolic OH excluding ortho intramolecular Hbond substituents is 2. The summed E-state index contributed by atoms with van der Waals surface area (Å²) >= 11 is 0. The summed E-state index contributed by atoms with van der Waals surface area (Å²) in [6, 6.07) is 8.81. The number of hydrogen-bond acceptors (Lipinski definition) is 4. The van der Waals surface area contributed by atoms with Crippen molar-refractivity contribution >= 4 is 0 Å². The smallest absolute Gasteiger partial charge is 0.122 e. The molecule has 1 heterocycles. The first-order valence-electron chi connectivity index (χ1n) is 13.1. The second-order valence-corrected chi connectivity index (χ2v) is 11.5. The van der Waals surface area contributed by atoms with Gasteiger partial charge < -0.3 is 10.2 Å². The molecule has 0 atom stereocenters. The van der Waals surface area contributed by atoms with Crippen molar-refractivity contribution in [3.63, 3.8) is 0 Å². The number of aromatic hydroxyl groups is 2. The lowest BCUT2D eigenvalue weighted by molar-refractivity contribution is 0.0745. The molecule has 0 amide bonds. The minimum Gasteiger partial charge on any atom is -0.507 e. The maximum atomic E-state index is 10.8. The van der Waals surface area contributed by atoms with E-state index in [4.69, 9.17) is 0 Å². The Bertz CT molecular complexity index is 842. The van der Waals surface area contributed by atoms with Crippen LogP contribution in [0.3, 0.4) is 0 Å². The molecule has 2 aromatic rings. The van der Waals surface area contributed by atoms with Gasteiger partial charge in [0.2, 0.25) is 0 Å². The van der Waals surface area contributed by atoms with E-state index in [1.54, 1.807) is 0 Å². The SMILES string of the molecule is CC(C)c1cc(CN2CCCN(Cc3cc(C(C)C)c(O)c(C(C)C)c3)C2)cc(C(C)C)c1O. The van der Waals surface area contributed by atoms with Crippen LogP contribution in [0.4, 0.5) is 0 Å². The topological polar surface area (TPSA) is 46.9 Å². The second kappa shape index (κ2) is 11.1. The van der Waals surface area contributed by atoms with E-state index in [-0.39, 0.29) is 0 Å². The highest BCUT2D eigenvalue weighted by Crippen LogP contribution is 2.36. The Morgan fingerprint density at radius 2 is 0.882 bits per heavy atom. The lowest BCUT2D eigenvalue weighted by Gasteiger charge is -2.36. The first kappa shape index (κ1) is 26.6. The average Bonchev–Trinajstić information content (AvgIpc) is 2.75. The van der Waals surface area contributed by atoms with Gasteiger partial charge in [-0.15, -0.1) is 0 Å². The summed E-state index contributed by atoms with van der Waals surface area (Å²) in [5.74, 6) is 2.15. The van der Waals surface area contributed by atoms with Crippen LogP contribution in [0.25, 0.3) is 0 Å². The number of rotatable bonds is 8. The molecular weight excluding hydrogens is 420 g/mol. The van der Waals surface area contributed by atoms with E-state index in [9.17, 15) is 10.2 Å². The lowest BCUT2D eigenvalue weighted by atomic mass is 9.91. The maximum absolute atomic E-state index is 10.8. The molecule has 1 aliphatic rings. The Balaban J connectivity index is 1.78. The fourth-order valence-corrected chi connectivity index (χ4v) is 5.15. The highest BCUT2D eigenvalue weighted by Gasteiger charge is 2.22. The van der Waals surface area contributed by atoms with E-state index in [2.05, 4.69) is 89.5 Å². The first-order chi connectivity index (χ1) is 16.0. The predicted octanol–water partition coefficient (Wildman–Crippen LogP) is 7.26. The molecule has 4 heteroatoms. The Morgan fingerprint density at radius 3 is 1.15 bits per heavy atom. The van der Waals surface area contributed by atoms with E-state index in [1.165, 1.54) is 11.1 Å². The quantitative estimate of drug-likeness (QED) is 0.430. The lowest BCUT2D eigenvalue weighted by Crippen LogP contribution is -2.43. The van der Waals surface area contributed by atoms with Crippen LogP contribution in [0.2, 0.25) is 0 Å². The van der Waals surface area contributed by atoms with Gasteiger partial charge in [-0.1, -0.05) is 79.7 Å². The van der Waals surface area contributed by atoms with Crippen LogP contribution in [0.1, 0.15) is 119 Å². The van der Waals surface area contributed by atoms with Crippen LogP contribution in [0, 0.1) is 0 Å².